The van der Waals surface area contributed by atoms with E-state index in [0.29, 0.717) is 6.42 Å². The number of likely N-dealkylation sites (tertiary alicyclic amines) is 1. The highest BCUT2D eigenvalue weighted by molar-refractivity contribution is 5.73. The minimum Gasteiger partial charge on any atom is -0.331 e. The van der Waals surface area contributed by atoms with Crippen LogP contribution in [-0.4, -0.2) is 29.6 Å². The van der Waals surface area contributed by atoms with E-state index in [9.17, 15) is 18.0 Å². The van der Waals surface area contributed by atoms with Crippen LogP contribution in [-0.2, 0) is 4.79 Å². The summed E-state index contributed by atoms with van der Waals surface area (Å²) in [4.78, 5) is 11.9. The number of nitrogens with zero attached hydrogens (tertiary/aromatic N) is 1. The van der Waals surface area contributed by atoms with Crippen molar-refractivity contribution in [3.8, 4) is 0 Å². The quantitative estimate of drug-likeness (QED) is 0.599. The van der Waals surface area contributed by atoms with Crippen molar-refractivity contribution in [2.45, 2.75) is 38.9 Å². The van der Waals surface area contributed by atoms with Crippen molar-refractivity contribution in [2.75, 3.05) is 6.54 Å². The Kier molecular flexibility index (Phi) is 3.07. The summed E-state index contributed by atoms with van der Waals surface area (Å²) in [6.07, 6.45) is -3.60. The molecule has 2 atom stereocenters. The van der Waals surface area contributed by atoms with Crippen molar-refractivity contribution < 1.29 is 18.0 Å². The molecule has 0 spiro atoms. The lowest BCUT2D eigenvalue weighted by Crippen LogP contribution is -2.52. The molecular formula is C9H14F3NO. The summed E-state index contributed by atoms with van der Waals surface area (Å²) in [5.74, 6) is -0.448. The van der Waals surface area contributed by atoms with Crippen LogP contribution >= 0.6 is 0 Å². The van der Waals surface area contributed by atoms with Crippen LogP contribution in [0.25, 0.3) is 0 Å². The topological polar surface area (TPSA) is 20.3 Å². The van der Waals surface area contributed by atoms with Crippen LogP contribution in [0.5, 0.6) is 0 Å². The van der Waals surface area contributed by atoms with Crippen molar-refractivity contribution >= 4 is 5.91 Å². The molecule has 0 aliphatic carbocycles. The molecule has 2 nitrogen and oxygen atoms in total. The van der Waals surface area contributed by atoms with E-state index in [0.717, 1.165) is 4.90 Å². The Morgan fingerprint density at radius 3 is 2.43 bits per heavy atom. The van der Waals surface area contributed by atoms with Crippen molar-refractivity contribution in [3.63, 3.8) is 0 Å². The number of hydrogen-bond acceptors (Lipinski definition) is 1. The summed E-state index contributed by atoms with van der Waals surface area (Å²) >= 11 is 0. The summed E-state index contributed by atoms with van der Waals surface area (Å²) in [5.41, 5.74) is 0. The first-order valence-electron chi connectivity index (χ1n) is 4.66. The fraction of sp³-hybridized carbons (Fsp3) is 0.889. The summed E-state index contributed by atoms with van der Waals surface area (Å²) in [5, 5.41) is 0. The second-order valence-corrected chi connectivity index (χ2v) is 3.90. The molecule has 14 heavy (non-hydrogen) atoms. The molecule has 0 bridgehead atoms. The maximum atomic E-state index is 12.5. The third-order valence-electron chi connectivity index (χ3n) is 2.65. The average Bonchev–Trinajstić information content (AvgIpc) is 2.01. The summed E-state index contributed by atoms with van der Waals surface area (Å²) < 4.78 is 37.6. The van der Waals surface area contributed by atoms with Gasteiger partial charge in [-0.05, 0) is 18.8 Å². The Morgan fingerprint density at radius 2 is 2.00 bits per heavy atom. The van der Waals surface area contributed by atoms with Crippen LogP contribution in [0.4, 0.5) is 13.2 Å². The number of carbonyl (C=O) groups excluding carboxylic acids is 1. The Labute approximate surface area is 81.1 Å². The van der Waals surface area contributed by atoms with Crippen molar-refractivity contribution in [2.24, 2.45) is 5.92 Å². The Balaban J connectivity index is 2.79. The van der Waals surface area contributed by atoms with E-state index in [2.05, 4.69) is 0 Å². The van der Waals surface area contributed by atoms with Crippen LogP contribution in [0.3, 0.4) is 0 Å². The van der Waals surface area contributed by atoms with Gasteiger partial charge in [-0.25, -0.2) is 0 Å². The van der Waals surface area contributed by atoms with Gasteiger partial charge in [-0.2, -0.15) is 13.2 Å². The molecule has 1 aliphatic heterocycles. The maximum absolute atomic E-state index is 12.5. The molecule has 1 aliphatic rings. The van der Waals surface area contributed by atoms with Gasteiger partial charge in [-0.1, -0.05) is 6.92 Å². The summed E-state index contributed by atoms with van der Waals surface area (Å²) in [6, 6.07) is -1.58. The van der Waals surface area contributed by atoms with E-state index in [-0.39, 0.29) is 18.9 Å². The van der Waals surface area contributed by atoms with Crippen LogP contribution in [0.2, 0.25) is 0 Å². The number of alkyl halides is 3. The van der Waals surface area contributed by atoms with Crippen molar-refractivity contribution in [3.05, 3.63) is 0 Å². The Bertz CT molecular complexity index is 227. The molecule has 5 heteroatoms. The van der Waals surface area contributed by atoms with Crippen molar-refractivity contribution in [1.82, 2.24) is 4.90 Å². The van der Waals surface area contributed by atoms with E-state index in [1.165, 1.54) is 6.92 Å². The minimum absolute atomic E-state index is 0.0308. The number of carbonyl (C=O) groups is 1. The molecular weight excluding hydrogens is 195 g/mol. The first-order valence-corrected chi connectivity index (χ1v) is 4.66. The highest BCUT2D eigenvalue weighted by Gasteiger charge is 2.46. The van der Waals surface area contributed by atoms with Gasteiger partial charge >= 0.3 is 6.18 Å². The molecule has 1 rings (SSSR count). The highest BCUT2D eigenvalue weighted by atomic mass is 19.4. The van der Waals surface area contributed by atoms with E-state index in [1.54, 1.807) is 6.92 Å². The van der Waals surface area contributed by atoms with Gasteiger partial charge in [0.1, 0.15) is 6.04 Å². The zero-order valence-electron chi connectivity index (χ0n) is 8.27. The summed E-state index contributed by atoms with van der Waals surface area (Å²) in [6.45, 7) is 3.20. The third-order valence-corrected chi connectivity index (χ3v) is 2.65. The minimum atomic E-state index is -4.29. The average molecular weight is 209 g/mol. The first-order chi connectivity index (χ1) is 6.32. The van der Waals surface area contributed by atoms with Crippen molar-refractivity contribution in [1.29, 1.82) is 0 Å². The normalized spacial score (nSPS) is 29.1. The molecule has 0 saturated carbocycles. The van der Waals surface area contributed by atoms with E-state index in [1.807, 2.05) is 0 Å². The zero-order valence-corrected chi connectivity index (χ0v) is 8.27. The first kappa shape index (κ1) is 11.3. The van der Waals surface area contributed by atoms with Crippen LogP contribution in [0.1, 0.15) is 26.7 Å². The van der Waals surface area contributed by atoms with E-state index in [4.69, 9.17) is 0 Å². The lowest BCUT2D eigenvalue weighted by atomic mass is 9.92. The molecule has 0 aromatic heterocycles. The van der Waals surface area contributed by atoms with Crippen LogP contribution < -0.4 is 0 Å². The van der Waals surface area contributed by atoms with Crippen LogP contribution in [0.15, 0.2) is 0 Å². The van der Waals surface area contributed by atoms with Gasteiger partial charge in [0.25, 0.3) is 0 Å². The predicted molar refractivity (Wildman–Crippen MR) is 45.6 cm³/mol. The molecule has 1 fully saturated rings. The molecule has 0 radical (unpaired) electrons. The summed E-state index contributed by atoms with van der Waals surface area (Å²) in [7, 11) is 0. The van der Waals surface area contributed by atoms with E-state index >= 15 is 0 Å². The molecule has 2 unspecified atom stereocenters. The Hall–Kier alpha value is -0.740. The molecule has 0 aromatic carbocycles. The molecule has 0 N–H and O–H groups in total. The van der Waals surface area contributed by atoms with Gasteiger partial charge in [-0.3, -0.25) is 4.79 Å². The fourth-order valence-electron chi connectivity index (χ4n) is 1.83. The lowest BCUT2D eigenvalue weighted by Gasteiger charge is -2.38. The third kappa shape index (κ3) is 2.39. The maximum Gasteiger partial charge on any atom is 0.408 e. The monoisotopic (exact) mass is 209 g/mol. The predicted octanol–water partition coefficient (Wildman–Crippen LogP) is 2.20. The zero-order chi connectivity index (χ0) is 10.9. The molecule has 1 saturated heterocycles. The molecule has 1 amide bonds. The number of halogens is 3. The molecule has 82 valence electrons. The van der Waals surface area contributed by atoms with Gasteiger partial charge in [0, 0.05) is 13.5 Å². The highest BCUT2D eigenvalue weighted by Crippen LogP contribution is 2.34. The van der Waals surface area contributed by atoms with Crippen LogP contribution in [0, 0.1) is 5.92 Å². The molecule has 0 aromatic rings. The van der Waals surface area contributed by atoms with Gasteiger partial charge in [-0.15, -0.1) is 0 Å². The Morgan fingerprint density at radius 1 is 1.43 bits per heavy atom. The number of piperidine rings is 1. The number of rotatable bonds is 0. The van der Waals surface area contributed by atoms with E-state index < -0.39 is 18.1 Å². The van der Waals surface area contributed by atoms with Gasteiger partial charge in [0.15, 0.2) is 0 Å². The lowest BCUT2D eigenvalue weighted by molar-refractivity contribution is -0.198. The van der Waals surface area contributed by atoms with Gasteiger partial charge in [0.2, 0.25) is 5.91 Å². The van der Waals surface area contributed by atoms with Gasteiger partial charge < -0.3 is 4.90 Å². The standard InChI is InChI=1S/C9H14F3NO/c1-6-3-4-13(7(2)14)8(5-6)9(10,11)12/h6,8H,3-5H2,1-2H3. The number of amides is 1. The second kappa shape index (κ2) is 3.79. The molecule has 1 heterocycles. The number of hydrogen-bond donors (Lipinski definition) is 0. The smallest absolute Gasteiger partial charge is 0.331 e. The SMILES string of the molecule is CC(=O)N1CCC(C)CC1C(F)(F)F. The second-order valence-electron chi connectivity index (χ2n) is 3.90. The largest absolute Gasteiger partial charge is 0.408 e. The fourth-order valence-corrected chi connectivity index (χ4v) is 1.83. The van der Waals surface area contributed by atoms with Gasteiger partial charge in [0.05, 0.1) is 0 Å².